The number of benzene rings is 2. The number of anilines is 1. The maximum Gasteiger partial charge on any atom is 0.243 e. The summed E-state index contributed by atoms with van der Waals surface area (Å²) >= 11 is 0. The first-order valence-corrected chi connectivity index (χ1v) is 11.9. The number of hydrogen-bond acceptors (Lipinski definition) is 5. The molecule has 2 aromatic rings. The standard InChI is InChI=1S/C23H33N3O4S/c1-7-26(8-2)31(28,29)19-11-12-22(30-6)21(14-19)25-23(27)15-24-18(5)20-13-16(3)9-10-17(20)4/h9-14,18,24H,7-8,15H2,1-6H3,(H,25,27)/t18-/m0/s1. The van der Waals surface area contributed by atoms with E-state index >= 15 is 0 Å². The second-order valence-electron chi connectivity index (χ2n) is 7.46. The Morgan fingerprint density at radius 2 is 1.77 bits per heavy atom. The Labute approximate surface area is 185 Å². The number of hydrogen-bond donors (Lipinski definition) is 2. The van der Waals surface area contributed by atoms with Crippen molar-refractivity contribution in [2.75, 3.05) is 32.1 Å². The summed E-state index contributed by atoms with van der Waals surface area (Å²) in [7, 11) is -2.17. The highest BCUT2D eigenvalue weighted by atomic mass is 32.2. The van der Waals surface area contributed by atoms with E-state index < -0.39 is 10.0 Å². The normalized spacial score (nSPS) is 12.6. The van der Waals surface area contributed by atoms with Gasteiger partial charge in [0.05, 0.1) is 24.2 Å². The van der Waals surface area contributed by atoms with Crippen molar-refractivity contribution in [3.8, 4) is 5.75 Å². The zero-order valence-electron chi connectivity index (χ0n) is 19.2. The average molecular weight is 448 g/mol. The van der Waals surface area contributed by atoms with Crippen molar-refractivity contribution < 1.29 is 17.9 Å². The van der Waals surface area contributed by atoms with Gasteiger partial charge in [0.2, 0.25) is 15.9 Å². The van der Waals surface area contributed by atoms with E-state index in [-0.39, 0.29) is 23.4 Å². The minimum absolute atomic E-state index is 0.0121. The van der Waals surface area contributed by atoms with E-state index in [1.165, 1.54) is 23.5 Å². The van der Waals surface area contributed by atoms with Crippen molar-refractivity contribution in [3.05, 3.63) is 53.1 Å². The van der Waals surface area contributed by atoms with Crippen LogP contribution in [0.2, 0.25) is 0 Å². The third-order valence-corrected chi connectivity index (χ3v) is 7.30. The third kappa shape index (κ3) is 6.06. The van der Waals surface area contributed by atoms with E-state index in [0.29, 0.717) is 24.5 Å². The molecule has 31 heavy (non-hydrogen) atoms. The molecule has 0 aliphatic rings. The van der Waals surface area contributed by atoms with E-state index in [4.69, 9.17) is 4.74 Å². The van der Waals surface area contributed by atoms with Crippen LogP contribution >= 0.6 is 0 Å². The first kappa shape index (κ1) is 24.8. The molecular formula is C23H33N3O4S. The Morgan fingerprint density at radius 1 is 1.10 bits per heavy atom. The van der Waals surface area contributed by atoms with Crippen molar-refractivity contribution in [2.24, 2.45) is 0 Å². The minimum Gasteiger partial charge on any atom is -0.495 e. The Bertz CT molecular complexity index is 1020. The zero-order valence-corrected chi connectivity index (χ0v) is 20.0. The first-order chi connectivity index (χ1) is 14.6. The van der Waals surface area contributed by atoms with Crippen LogP contribution in [0.5, 0.6) is 5.75 Å². The molecule has 0 aromatic heterocycles. The van der Waals surface area contributed by atoms with Crippen LogP contribution in [-0.2, 0) is 14.8 Å². The number of ether oxygens (including phenoxy) is 1. The van der Waals surface area contributed by atoms with Gasteiger partial charge in [0.15, 0.2) is 0 Å². The summed E-state index contributed by atoms with van der Waals surface area (Å²) in [5, 5.41) is 6.00. The smallest absolute Gasteiger partial charge is 0.243 e. The zero-order chi connectivity index (χ0) is 23.2. The SMILES string of the molecule is CCN(CC)S(=O)(=O)c1ccc(OC)c(NC(=O)CN[C@@H](C)c2cc(C)ccc2C)c1. The Kier molecular flexibility index (Phi) is 8.61. The van der Waals surface area contributed by atoms with E-state index in [9.17, 15) is 13.2 Å². The van der Waals surface area contributed by atoms with Gasteiger partial charge in [0.25, 0.3) is 0 Å². The van der Waals surface area contributed by atoms with Gasteiger partial charge in [0.1, 0.15) is 5.75 Å². The summed E-state index contributed by atoms with van der Waals surface area (Å²) in [4.78, 5) is 12.7. The number of amides is 1. The second kappa shape index (κ2) is 10.7. The summed E-state index contributed by atoms with van der Waals surface area (Å²) in [5.41, 5.74) is 3.77. The van der Waals surface area contributed by atoms with E-state index in [0.717, 1.165) is 16.7 Å². The Balaban J connectivity index is 2.15. The van der Waals surface area contributed by atoms with Crippen LogP contribution in [0.25, 0.3) is 0 Å². The molecule has 0 fully saturated rings. The number of carbonyl (C=O) groups is 1. The Morgan fingerprint density at radius 3 is 2.39 bits per heavy atom. The van der Waals surface area contributed by atoms with E-state index in [1.807, 2.05) is 20.8 Å². The summed E-state index contributed by atoms with van der Waals surface area (Å²) in [6.45, 7) is 10.5. The maximum atomic E-state index is 12.8. The monoisotopic (exact) mass is 447 g/mol. The fourth-order valence-electron chi connectivity index (χ4n) is 3.43. The maximum absolute atomic E-state index is 12.8. The van der Waals surface area contributed by atoms with Gasteiger partial charge in [-0.1, -0.05) is 37.6 Å². The highest BCUT2D eigenvalue weighted by Gasteiger charge is 2.23. The predicted octanol–water partition coefficient (Wildman–Crippen LogP) is 3.63. The summed E-state index contributed by atoms with van der Waals surface area (Å²) < 4.78 is 32.3. The Hall–Kier alpha value is -2.42. The van der Waals surface area contributed by atoms with Crippen LogP contribution in [0, 0.1) is 13.8 Å². The topological polar surface area (TPSA) is 87.7 Å². The molecule has 0 aliphatic heterocycles. The van der Waals surface area contributed by atoms with Crippen LogP contribution in [-0.4, -0.2) is 45.4 Å². The molecule has 0 bridgehead atoms. The van der Waals surface area contributed by atoms with Crippen molar-refractivity contribution in [1.29, 1.82) is 0 Å². The molecule has 0 heterocycles. The van der Waals surface area contributed by atoms with Crippen molar-refractivity contribution in [2.45, 2.75) is 45.6 Å². The highest BCUT2D eigenvalue weighted by Crippen LogP contribution is 2.29. The van der Waals surface area contributed by atoms with Gasteiger partial charge in [-0.3, -0.25) is 4.79 Å². The van der Waals surface area contributed by atoms with Crippen molar-refractivity contribution in [1.82, 2.24) is 9.62 Å². The molecule has 7 nitrogen and oxygen atoms in total. The fraction of sp³-hybridized carbons (Fsp3) is 0.435. The summed E-state index contributed by atoms with van der Waals surface area (Å²) in [6.07, 6.45) is 0. The minimum atomic E-state index is -3.64. The molecule has 0 radical (unpaired) electrons. The molecule has 2 aromatic carbocycles. The molecule has 0 saturated heterocycles. The number of aryl methyl sites for hydroxylation is 2. The van der Waals surface area contributed by atoms with Gasteiger partial charge in [-0.15, -0.1) is 0 Å². The number of nitrogens with one attached hydrogen (secondary N) is 2. The van der Waals surface area contributed by atoms with Crippen molar-refractivity contribution >= 4 is 21.6 Å². The molecule has 1 amide bonds. The molecule has 8 heteroatoms. The lowest BCUT2D eigenvalue weighted by Crippen LogP contribution is -2.31. The molecule has 0 saturated carbocycles. The molecule has 2 N–H and O–H groups in total. The second-order valence-corrected chi connectivity index (χ2v) is 9.40. The van der Waals surface area contributed by atoms with Gasteiger partial charge in [-0.2, -0.15) is 4.31 Å². The van der Waals surface area contributed by atoms with Crippen LogP contribution in [0.1, 0.15) is 43.5 Å². The van der Waals surface area contributed by atoms with Crippen LogP contribution in [0.3, 0.4) is 0 Å². The predicted molar refractivity (Wildman–Crippen MR) is 124 cm³/mol. The van der Waals surface area contributed by atoms with Gasteiger partial charge < -0.3 is 15.4 Å². The number of methoxy groups -OCH3 is 1. The lowest BCUT2D eigenvalue weighted by atomic mass is 10.00. The third-order valence-electron chi connectivity index (χ3n) is 5.26. The molecule has 170 valence electrons. The average Bonchev–Trinajstić information content (AvgIpc) is 2.74. The molecule has 0 unspecified atom stereocenters. The highest BCUT2D eigenvalue weighted by molar-refractivity contribution is 7.89. The van der Waals surface area contributed by atoms with E-state index in [2.05, 4.69) is 28.8 Å². The number of sulfonamides is 1. The quantitative estimate of drug-likeness (QED) is 0.581. The van der Waals surface area contributed by atoms with Gasteiger partial charge in [-0.05, 0) is 50.1 Å². The number of rotatable bonds is 10. The first-order valence-electron chi connectivity index (χ1n) is 10.4. The molecule has 2 rings (SSSR count). The summed E-state index contributed by atoms with van der Waals surface area (Å²) in [5.74, 6) is 0.113. The van der Waals surface area contributed by atoms with Crippen LogP contribution in [0.4, 0.5) is 5.69 Å². The lowest BCUT2D eigenvalue weighted by Gasteiger charge is -2.20. The largest absolute Gasteiger partial charge is 0.495 e. The fourth-order valence-corrected chi connectivity index (χ4v) is 4.92. The molecule has 0 aliphatic carbocycles. The van der Waals surface area contributed by atoms with Crippen LogP contribution in [0.15, 0.2) is 41.3 Å². The van der Waals surface area contributed by atoms with E-state index in [1.54, 1.807) is 19.9 Å². The molecular weight excluding hydrogens is 414 g/mol. The van der Waals surface area contributed by atoms with Crippen LogP contribution < -0.4 is 15.4 Å². The lowest BCUT2D eigenvalue weighted by molar-refractivity contribution is -0.115. The van der Waals surface area contributed by atoms with Gasteiger partial charge in [-0.25, -0.2) is 8.42 Å². The van der Waals surface area contributed by atoms with Gasteiger partial charge >= 0.3 is 0 Å². The van der Waals surface area contributed by atoms with Gasteiger partial charge in [0, 0.05) is 19.1 Å². The van der Waals surface area contributed by atoms with Crippen molar-refractivity contribution in [3.63, 3.8) is 0 Å². The number of carbonyl (C=O) groups excluding carboxylic acids is 1. The molecule has 0 spiro atoms. The number of nitrogens with zero attached hydrogens (tertiary/aromatic N) is 1. The summed E-state index contributed by atoms with van der Waals surface area (Å²) in [6, 6.07) is 10.7. The molecule has 1 atom stereocenters.